The summed E-state index contributed by atoms with van der Waals surface area (Å²) in [7, 11) is 0. The maximum absolute atomic E-state index is 5.37. The quantitative estimate of drug-likeness (QED) is 0.435. The number of halogens is 1. The molecule has 0 heterocycles. The Bertz CT molecular complexity index is 110. The summed E-state index contributed by atoms with van der Waals surface area (Å²) < 4.78 is 5.28. The highest BCUT2D eigenvalue weighted by Crippen LogP contribution is 2.21. The second kappa shape index (κ2) is 3.37. The molecule has 3 heteroatoms. The zero-order valence-corrected chi connectivity index (χ0v) is 6.67. The molecule has 0 unspecified atom stereocenters. The second-order valence-corrected chi connectivity index (χ2v) is 3.20. The lowest BCUT2D eigenvalue weighted by Crippen LogP contribution is -2.08. The molecule has 0 aromatic heterocycles. The van der Waals surface area contributed by atoms with E-state index in [1.54, 1.807) is 0 Å². The maximum Gasteiger partial charge on any atom is 0.255 e. The molecule has 9 heavy (non-hydrogen) atoms. The first-order valence-electron chi connectivity index (χ1n) is 3.15. The van der Waals surface area contributed by atoms with Crippen LogP contribution in [0.25, 0.3) is 0 Å². The molecular weight excluding hydrogens is 156 g/mol. The van der Waals surface area contributed by atoms with Crippen LogP contribution in [-0.2, 0) is 4.74 Å². The number of hydrogen-bond donors (Lipinski definition) is 0. The molecular formula is C6H9ClOS. The van der Waals surface area contributed by atoms with Crippen molar-refractivity contribution in [3.63, 3.8) is 0 Å². The largest absolute Gasteiger partial charge is 0.472 e. The van der Waals surface area contributed by atoms with Crippen LogP contribution in [0.5, 0.6) is 0 Å². The minimum atomic E-state index is 0.168. The molecule has 1 aliphatic carbocycles. The van der Waals surface area contributed by atoms with Gasteiger partial charge in [0.25, 0.3) is 4.51 Å². The van der Waals surface area contributed by atoms with Crippen molar-refractivity contribution in [1.82, 2.24) is 0 Å². The molecule has 1 nitrogen and oxygen atoms in total. The Morgan fingerprint density at radius 1 is 1.44 bits per heavy atom. The lowest BCUT2D eigenvalue weighted by Gasteiger charge is -2.08. The van der Waals surface area contributed by atoms with Gasteiger partial charge in [-0.05, 0) is 49.5 Å². The van der Waals surface area contributed by atoms with E-state index in [1.165, 1.54) is 12.8 Å². The first-order chi connectivity index (χ1) is 4.29. The average Bonchev–Trinajstić information content (AvgIpc) is 2.15. The summed E-state index contributed by atoms with van der Waals surface area (Å²) in [5, 5.41) is 0. The van der Waals surface area contributed by atoms with Crippen molar-refractivity contribution < 1.29 is 4.74 Å². The van der Waals surface area contributed by atoms with Gasteiger partial charge in [-0.1, -0.05) is 0 Å². The molecule has 52 valence electrons. The van der Waals surface area contributed by atoms with Gasteiger partial charge in [0.2, 0.25) is 0 Å². The fourth-order valence-corrected chi connectivity index (χ4v) is 1.40. The van der Waals surface area contributed by atoms with Crippen molar-refractivity contribution in [3.8, 4) is 0 Å². The molecule has 0 saturated heterocycles. The smallest absolute Gasteiger partial charge is 0.255 e. The molecule has 1 aliphatic rings. The predicted molar refractivity (Wildman–Crippen MR) is 41.8 cm³/mol. The highest BCUT2D eigenvalue weighted by molar-refractivity contribution is 7.82. The average molecular weight is 165 g/mol. The van der Waals surface area contributed by atoms with E-state index in [-0.39, 0.29) is 4.51 Å². The van der Waals surface area contributed by atoms with Crippen molar-refractivity contribution >= 4 is 28.3 Å². The Morgan fingerprint density at radius 3 is 2.44 bits per heavy atom. The number of hydrogen-bond acceptors (Lipinski definition) is 2. The summed E-state index contributed by atoms with van der Waals surface area (Å²) in [6.45, 7) is 0. The fraction of sp³-hybridized carbons (Fsp3) is 0.833. The Morgan fingerprint density at radius 2 is 2.00 bits per heavy atom. The zero-order chi connectivity index (χ0) is 6.69. The lowest BCUT2D eigenvalue weighted by molar-refractivity contribution is 0.208. The first-order valence-corrected chi connectivity index (χ1v) is 3.94. The summed E-state index contributed by atoms with van der Waals surface area (Å²) in [4.78, 5) is 0. The normalized spacial score (nSPS) is 20.1. The van der Waals surface area contributed by atoms with Crippen molar-refractivity contribution in [1.29, 1.82) is 0 Å². The van der Waals surface area contributed by atoms with Crippen LogP contribution in [0.4, 0.5) is 0 Å². The molecule has 0 atom stereocenters. The van der Waals surface area contributed by atoms with Crippen molar-refractivity contribution in [2.24, 2.45) is 0 Å². The Kier molecular flexibility index (Phi) is 2.73. The van der Waals surface area contributed by atoms with Gasteiger partial charge in [0, 0.05) is 0 Å². The molecule has 1 fully saturated rings. The van der Waals surface area contributed by atoms with E-state index in [1.807, 2.05) is 0 Å². The van der Waals surface area contributed by atoms with Gasteiger partial charge in [0.05, 0.1) is 0 Å². The summed E-state index contributed by atoms with van der Waals surface area (Å²) >= 11 is 9.94. The van der Waals surface area contributed by atoms with Crippen LogP contribution in [0.15, 0.2) is 0 Å². The molecule has 0 amide bonds. The minimum absolute atomic E-state index is 0.168. The molecule has 0 spiro atoms. The lowest BCUT2D eigenvalue weighted by atomic mass is 10.3. The van der Waals surface area contributed by atoms with Gasteiger partial charge in [0.1, 0.15) is 6.10 Å². The number of ether oxygens (including phenoxy) is 1. The van der Waals surface area contributed by atoms with Gasteiger partial charge in [-0.3, -0.25) is 0 Å². The van der Waals surface area contributed by atoms with Gasteiger partial charge >= 0.3 is 0 Å². The van der Waals surface area contributed by atoms with Crippen LogP contribution in [0.3, 0.4) is 0 Å². The van der Waals surface area contributed by atoms with Crippen molar-refractivity contribution in [2.45, 2.75) is 31.8 Å². The Balaban J connectivity index is 2.19. The summed E-state index contributed by atoms with van der Waals surface area (Å²) in [5.74, 6) is 0. The first kappa shape index (κ1) is 7.29. The Hall–Kier alpha value is 0.180. The minimum Gasteiger partial charge on any atom is -0.472 e. The molecule has 0 N–H and O–H groups in total. The molecule has 0 aromatic carbocycles. The van der Waals surface area contributed by atoms with Crippen LogP contribution in [0.1, 0.15) is 25.7 Å². The number of thiocarbonyl (C=S) groups is 1. The predicted octanol–water partition coefficient (Wildman–Crippen LogP) is 2.47. The van der Waals surface area contributed by atoms with E-state index in [0.29, 0.717) is 6.10 Å². The maximum atomic E-state index is 5.37. The molecule has 0 aromatic rings. The Labute approximate surface area is 65.3 Å². The zero-order valence-electron chi connectivity index (χ0n) is 5.10. The van der Waals surface area contributed by atoms with E-state index in [9.17, 15) is 0 Å². The third-order valence-corrected chi connectivity index (χ3v) is 1.75. The van der Waals surface area contributed by atoms with Crippen LogP contribution in [-0.4, -0.2) is 10.6 Å². The van der Waals surface area contributed by atoms with E-state index >= 15 is 0 Å². The number of rotatable bonds is 1. The summed E-state index contributed by atoms with van der Waals surface area (Å²) in [6.07, 6.45) is 5.06. The second-order valence-electron chi connectivity index (χ2n) is 2.26. The van der Waals surface area contributed by atoms with Crippen LogP contribution in [0.2, 0.25) is 0 Å². The third kappa shape index (κ3) is 2.50. The van der Waals surface area contributed by atoms with Crippen LogP contribution >= 0.6 is 23.8 Å². The fourth-order valence-electron chi connectivity index (χ4n) is 1.14. The topological polar surface area (TPSA) is 9.23 Å². The van der Waals surface area contributed by atoms with Crippen molar-refractivity contribution in [3.05, 3.63) is 0 Å². The van der Waals surface area contributed by atoms with Gasteiger partial charge in [-0.25, -0.2) is 0 Å². The van der Waals surface area contributed by atoms with Gasteiger partial charge in [0.15, 0.2) is 0 Å². The van der Waals surface area contributed by atoms with E-state index < -0.39 is 0 Å². The molecule has 0 bridgehead atoms. The highest BCUT2D eigenvalue weighted by atomic mass is 35.5. The van der Waals surface area contributed by atoms with E-state index in [4.69, 9.17) is 16.3 Å². The van der Waals surface area contributed by atoms with Gasteiger partial charge in [-0.2, -0.15) is 0 Å². The molecule has 0 radical (unpaired) electrons. The van der Waals surface area contributed by atoms with Crippen LogP contribution in [0, 0.1) is 0 Å². The summed E-state index contributed by atoms with van der Waals surface area (Å²) in [5.41, 5.74) is 0. The van der Waals surface area contributed by atoms with Crippen LogP contribution < -0.4 is 0 Å². The van der Waals surface area contributed by atoms with Crippen molar-refractivity contribution in [2.75, 3.05) is 0 Å². The molecule has 0 aliphatic heterocycles. The monoisotopic (exact) mass is 164 g/mol. The van der Waals surface area contributed by atoms with E-state index in [0.717, 1.165) is 12.8 Å². The standard InChI is InChI=1S/C6H9ClOS/c7-6(9)8-5-3-1-2-4-5/h5H,1-4H2. The van der Waals surface area contributed by atoms with E-state index in [2.05, 4.69) is 12.2 Å². The highest BCUT2D eigenvalue weighted by Gasteiger charge is 2.16. The van der Waals surface area contributed by atoms with Gasteiger partial charge < -0.3 is 4.74 Å². The SMILES string of the molecule is S=C(Cl)OC1CCCC1. The third-order valence-electron chi connectivity index (χ3n) is 1.56. The van der Waals surface area contributed by atoms with Gasteiger partial charge in [-0.15, -0.1) is 0 Å². The molecule has 1 saturated carbocycles. The summed E-state index contributed by atoms with van der Waals surface area (Å²) in [6, 6.07) is 0. The molecule has 1 rings (SSSR count).